The van der Waals surface area contributed by atoms with Crippen LogP contribution in [0.5, 0.6) is 0 Å². The van der Waals surface area contributed by atoms with Crippen LogP contribution in [0.3, 0.4) is 0 Å². The zero-order chi connectivity index (χ0) is 69.0. The first kappa shape index (κ1) is 91.0. The van der Waals surface area contributed by atoms with Gasteiger partial charge in [0.25, 0.3) is 0 Å². The Bertz CT molecular complexity index is 1980. The van der Waals surface area contributed by atoms with Gasteiger partial charge in [0, 0.05) is 25.7 Å². The molecule has 19 heteroatoms. The quantitative estimate of drug-likeness (QED) is 0.0169. The van der Waals surface area contributed by atoms with Crippen LogP contribution in [0.1, 0.15) is 349 Å². The molecule has 0 saturated heterocycles. The standard InChI is InChI=1S/C75H138O17P2/c1-5-9-13-17-21-25-29-33-34-38-40-44-48-52-56-60-73(78)86-66-71(92-75(80)62-58-54-50-46-42-37-32-28-24-20-16-12-8-4)68-90-94(83,84)88-64-69(76)63-87-93(81,82)89-67-70(91-74(79)61-57-53-49-45-41-36-31-27-23-19-15-11-7-3)65-85-72(77)59-55-51-47-43-39-35-30-26-22-18-14-10-6-2/h21,25-27,30-31,33-34,69-71,76H,5-20,22-24,28-29,32,35-68H2,1-4H3,(H,81,82)(H,83,84)/b25-21-,30-26-,31-27-,34-33-/t69-,70+,71+/m0/s1. The monoisotopic (exact) mass is 1370 g/mol. The number of unbranched alkanes of at least 4 members (excludes halogenated alkanes) is 38. The lowest BCUT2D eigenvalue weighted by atomic mass is 10.0. The van der Waals surface area contributed by atoms with Crippen molar-refractivity contribution in [2.45, 2.75) is 367 Å². The lowest BCUT2D eigenvalue weighted by molar-refractivity contribution is -0.161. The average Bonchev–Trinajstić information content (AvgIpc) is 1.67. The van der Waals surface area contributed by atoms with Crippen molar-refractivity contribution in [3.8, 4) is 0 Å². The molecule has 94 heavy (non-hydrogen) atoms. The highest BCUT2D eigenvalue weighted by atomic mass is 31.2. The van der Waals surface area contributed by atoms with Crippen molar-refractivity contribution in [1.82, 2.24) is 0 Å². The maximum absolute atomic E-state index is 13.1. The molecule has 0 aliphatic heterocycles. The second kappa shape index (κ2) is 68.5. The second-order valence-corrected chi connectivity index (χ2v) is 28.5. The van der Waals surface area contributed by atoms with E-state index >= 15 is 0 Å². The number of hydrogen-bond donors (Lipinski definition) is 3. The molecule has 2 unspecified atom stereocenters. The minimum Gasteiger partial charge on any atom is -0.462 e. The number of carbonyl (C=O) groups is 4. The van der Waals surface area contributed by atoms with E-state index in [4.69, 9.17) is 37.0 Å². The number of aliphatic hydroxyl groups is 1. The number of rotatable bonds is 72. The molecule has 0 aliphatic carbocycles. The Hall–Kier alpha value is -2.98. The second-order valence-electron chi connectivity index (χ2n) is 25.6. The summed E-state index contributed by atoms with van der Waals surface area (Å²) >= 11 is 0. The normalized spacial score (nSPS) is 14.2. The van der Waals surface area contributed by atoms with Gasteiger partial charge in [0.1, 0.15) is 19.3 Å². The minimum absolute atomic E-state index is 0.0880. The molecule has 0 rings (SSSR count). The largest absolute Gasteiger partial charge is 0.472 e. The number of aliphatic hydroxyl groups excluding tert-OH is 1. The first-order chi connectivity index (χ1) is 45.7. The smallest absolute Gasteiger partial charge is 0.462 e. The molecule has 3 N–H and O–H groups in total. The molecule has 550 valence electrons. The Balaban J connectivity index is 5.32. The van der Waals surface area contributed by atoms with Crippen LogP contribution < -0.4 is 0 Å². The van der Waals surface area contributed by atoms with Gasteiger partial charge < -0.3 is 33.8 Å². The molecular weight excluding hydrogens is 1230 g/mol. The molecule has 0 aromatic carbocycles. The van der Waals surface area contributed by atoms with Crippen molar-refractivity contribution in [2.75, 3.05) is 39.6 Å². The SMILES string of the molecule is CCCCC/C=C\C/C=C\CCCCCCCC(=O)OC[C@H](COP(=O)(O)OC[C@@H](O)COP(=O)(O)OC[C@@H](COC(=O)CCCCCCC/C=C\CCCCCC)OC(=O)CCCCCCC/C=C\CCCCCC)OC(=O)CCCCCCCCCCCCCCC. The fourth-order valence-electron chi connectivity index (χ4n) is 10.4. The highest BCUT2D eigenvalue weighted by molar-refractivity contribution is 7.47. The van der Waals surface area contributed by atoms with Gasteiger partial charge >= 0.3 is 39.5 Å². The van der Waals surface area contributed by atoms with Gasteiger partial charge in [-0.3, -0.25) is 37.3 Å². The third-order valence-electron chi connectivity index (χ3n) is 16.3. The molecule has 0 aromatic rings. The number of ether oxygens (including phenoxy) is 4. The van der Waals surface area contributed by atoms with Gasteiger partial charge in [0.05, 0.1) is 26.4 Å². The molecule has 17 nitrogen and oxygen atoms in total. The first-order valence-corrected chi connectivity index (χ1v) is 40.9. The highest BCUT2D eigenvalue weighted by Crippen LogP contribution is 2.45. The summed E-state index contributed by atoms with van der Waals surface area (Å²) in [5.41, 5.74) is 0. The summed E-state index contributed by atoms with van der Waals surface area (Å²) in [6, 6.07) is 0. The summed E-state index contributed by atoms with van der Waals surface area (Å²) in [4.78, 5) is 72.7. The molecule has 0 saturated carbocycles. The number of hydrogen-bond acceptors (Lipinski definition) is 15. The van der Waals surface area contributed by atoms with E-state index in [1.165, 1.54) is 122 Å². The van der Waals surface area contributed by atoms with Crippen molar-refractivity contribution < 1.29 is 80.2 Å². The van der Waals surface area contributed by atoms with Crippen molar-refractivity contribution in [3.05, 3.63) is 48.6 Å². The topological polar surface area (TPSA) is 237 Å². The van der Waals surface area contributed by atoms with Crippen molar-refractivity contribution in [2.24, 2.45) is 0 Å². The fourth-order valence-corrected chi connectivity index (χ4v) is 12.0. The number of phosphoric acid groups is 2. The van der Waals surface area contributed by atoms with E-state index in [9.17, 15) is 43.2 Å². The van der Waals surface area contributed by atoms with E-state index in [2.05, 4.69) is 76.3 Å². The molecule has 0 bridgehead atoms. The summed E-state index contributed by atoms with van der Waals surface area (Å²) in [6.07, 6.45) is 63.8. The van der Waals surface area contributed by atoms with Gasteiger partial charge in [0.15, 0.2) is 12.2 Å². The Labute approximate surface area is 572 Å². The average molecular weight is 1370 g/mol. The minimum atomic E-state index is -4.97. The predicted octanol–water partition coefficient (Wildman–Crippen LogP) is 21.3. The van der Waals surface area contributed by atoms with E-state index in [1.807, 2.05) is 0 Å². The molecule has 0 fully saturated rings. The number of phosphoric ester groups is 2. The van der Waals surface area contributed by atoms with Gasteiger partial charge in [-0.2, -0.15) is 0 Å². The van der Waals surface area contributed by atoms with Crippen LogP contribution in [0.4, 0.5) is 0 Å². The Morgan fingerprint density at radius 1 is 0.298 bits per heavy atom. The van der Waals surface area contributed by atoms with Crippen LogP contribution in [-0.2, 0) is 65.4 Å². The van der Waals surface area contributed by atoms with Crippen LogP contribution >= 0.6 is 15.6 Å². The summed E-state index contributed by atoms with van der Waals surface area (Å²) in [6.45, 7) is 4.83. The van der Waals surface area contributed by atoms with Crippen LogP contribution in [0.15, 0.2) is 48.6 Å². The van der Waals surface area contributed by atoms with Crippen LogP contribution in [-0.4, -0.2) is 96.7 Å². The van der Waals surface area contributed by atoms with Crippen LogP contribution in [0.2, 0.25) is 0 Å². The van der Waals surface area contributed by atoms with Crippen LogP contribution in [0.25, 0.3) is 0 Å². The van der Waals surface area contributed by atoms with E-state index in [0.717, 1.165) is 148 Å². The van der Waals surface area contributed by atoms with E-state index in [-0.39, 0.29) is 25.7 Å². The summed E-state index contributed by atoms with van der Waals surface area (Å²) in [5, 5.41) is 10.6. The Morgan fingerprint density at radius 3 is 0.830 bits per heavy atom. The fraction of sp³-hybridized carbons (Fsp3) is 0.840. The molecule has 0 aromatic heterocycles. The lowest BCUT2D eigenvalue weighted by Crippen LogP contribution is -2.30. The summed E-state index contributed by atoms with van der Waals surface area (Å²) < 4.78 is 68.4. The van der Waals surface area contributed by atoms with Gasteiger partial charge in [-0.05, 0) is 109 Å². The molecule has 0 amide bonds. The molecule has 0 heterocycles. The van der Waals surface area contributed by atoms with E-state index in [1.54, 1.807) is 0 Å². The molecular formula is C75H138O17P2. The van der Waals surface area contributed by atoms with Gasteiger partial charge in [-0.15, -0.1) is 0 Å². The third kappa shape index (κ3) is 67.6. The van der Waals surface area contributed by atoms with Gasteiger partial charge in [0.2, 0.25) is 0 Å². The Kier molecular flexibility index (Phi) is 66.4. The maximum atomic E-state index is 13.1. The maximum Gasteiger partial charge on any atom is 0.472 e. The van der Waals surface area contributed by atoms with Gasteiger partial charge in [-0.25, -0.2) is 9.13 Å². The zero-order valence-corrected chi connectivity index (χ0v) is 61.7. The number of carbonyl (C=O) groups excluding carboxylic acids is 4. The molecule has 0 spiro atoms. The lowest BCUT2D eigenvalue weighted by Gasteiger charge is -2.21. The highest BCUT2D eigenvalue weighted by Gasteiger charge is 2.30. The number of allylic oxidation sites excluding steroid dienone is 8. The first-order valence-electron chi connectivity index (χ1n) is 37.9. The number of esters is 4. The summed E-state index contributed by atoms with van der Waals surface area (Å²) in [5.74, 6) is -2.18. The van der Waals surface area contributed by atoms with Crippen molar-refractivity contribution in [3.63, 3.8) is 0 Å². The predicted molar refractivity (Wildman–Crippen MR) is 381 cm³/mol. The van der Waals surface area contributed by atoms with Gasteiger partial charge in [-0.1, -0.05) is 263 Å². The Morgan fingerprint density at radius 2 is 0.521 bits per heavy atom. The summed E-state index contributed by atoms with van der Waals surface area (Å²) in [7, 11) is -9.93. The van der Waals surface area contributed by atoms with Crippen LogP contribution in [0, 0.1) is 0 Å². The zero-order valence-electron chi connectivity index (χ0n) is 59.9. The van der Waals surface area contributed by atoms with Crippen molar-refractivity contribution in [1.29, 1.82) is 0 Å². The van der Waals surface area contributed by atoms with Crippen molar-refractivity contribution >= 4 is 39.5 Å². The van der Waals surface area contributed by atoms with E-state index in [0.29, 0.717) is 25.7 Å². The molecule has 0 radical (unpaired) electrons. The van der Waals surface area contributed by atoms with E-state index < -0.39 is 97.5 Å². The molecule has 5 atom stereocenters. The molecule has 0 aliphatic rings. The third-order valence-corrected chi connectivity index (χ3v) is 18.2.